The van der Waals surface area contributed by atoms with Crippen LogP contribution in [0.2, 0.25) is 0 Å². The van der Waals surface area contributed by atoms with E-state index in [0.29, 0.717) is 26.1 Å². The first-order valence-electron chi connectivity index (χ1n) is 9.29. The number of nitrogens with one attached hydrogen (secondary N) is 1. The lowest BCUT2D eigenvalue weighted by atomic mass is 9.86. The Balaban J connectivity index is 1.67. The third kappa shape index (κ3) is 4.51. The number of aliphatic carboxylic acids is 1. The molecule has 8 nitrogen and oxygen atoms in total. The Morgan fingerprint density at radius 1 is 1.32 bits per heavy atom. The van der Waals surface area contributed by atoms with Crippen molar-refractivity contribution in [3.05, 3.63) is 41.7 Å². The lowest BCUT2D eigenvalue weighted by Crippen LogP contribution is -2.39. The summed E-state index contributed by atoms with van der Waals surface area (Å²) in [6, 6.07) is 9.03. The molecule has 0 saturated carbocycles. The number of carboxylic acid groups (broad SMARTS) is 1. The Labute approximate surface area is 163 Å². The highest BCUT2D eigenvalue weighted by Crippen LogP contribution is 2.24. The Bertz CT molecular complexity index is 825. The highest BCUT2D eigenvalue weighted by atomic mass is 16.5. The van der Waals surface area contributed by atoms with Crippen LogP contribution in [0, 0.1) is 18.8 Å². The lowest BCUT2D eigenvalue weighted by Gasteiger charge is -2.27. The summed E-state index contributed by atoms with van der Waals surface area (Å²) in [4.78, 5) is 24.1. The first kappa shape index (κ1) is 19.9. The number of carbonyl (C=O) groups excluding carboxylic acids is 1. The Morgan fingerprint density at radius 3 is 2.61 bits per heavy atom. The van der Waals surface area contributed by atoms with Gasteiger partial charge in [0.25, 0.3) is 5.91 Å². The van der Waals surface area contributed by atoms with Crippen LogP contribution in [0.3, 0.4) is 0 Å². The molecule has 2 aromatic rings. The van der Waals surface area contributed by atoms with Gasteiger partial charge in [0.2, 0.25) is 0 Å². The minimum atomic E-state index is -0.896. The summed E-state index contributed by atoms with van der Waals surface area (Å²) in [6.07, 6.45) is 1.39. The van der Waals surface area contributed by atoms with Crippen LogP contribution in [0.15, 0.2) is 30.3 Å². The molecule has 1 saturated heterocycles. The van der Waals surface area contributed by atoms with Gasteiger partial charge in [0.15, 0.2) is 5.69 Å². The van der Waals surface area contributed by atoms with Crippen LogP contribution in [0.4, 0.5) is 0 Å². The highest BCUT2D eigenvalue weighted by molar-refractivity contribution is 5.92. The summed E-state index contributed by atoms with van der Waals surface area (Å²) in [6.45, 7) is 3.06. The van der Waals surface area contributed by atoms with Gasteiger partial charge < -0.3 is 19.9 Å². The summed E-state index contributed by atoms with van der Waals surface area (Å²) in [5.41, 5.74) is 1.86. The van der Waals surface area contributed by atoms with Crippen molar-refractivity contribution in [2.75, 3.05) is 26.9 Å². The molecule has 1 aromatic carbocycles. The van der Waals surface area contributed by atoms with Crippen LogP contribution in [0.5, 0.6) is 5.75 Å². The van der Waals surface area contributed by atoms with E-state index in [1.807, 2.05) is 31.2 Å². The number of amides is 1. The van der Waals surface area contributed by atoms with Gasteiger partial charge >= 0.3 is 5.97 Å². The second kappa shape index (κ2) is 8.88. The number of hydrogen-bond acceptors (Lipinski definition) is 5. The molecule has 150 valence electrons. The van der Waals surface area contributed by atoms with Crippen molar-refractivity contribution in [1.29, 1.82) is 0 Å². The van der Waals surface area contributed by atoms with Crippen LogP contribution in [-0.4, -0.2) is 53.6 Å². The number of hydrogen-bond donors (Lipinski definition) is 2. The number of methoxy groups -OCH3 is 1. The normalized spacial score (nSPS) is 15.8. The fourth-order valence-electron chi connectivity index (χ4n) is 3.44. The van der Waals surface area contributed by atoms with Gasteiger partial charge in [-0.25, -0.2) is 4.68 Å². The Hall–Kier alpha value is -2.87. The molecule has 0 radical (unpaired) electrons. The molecular weight excluding hydrogens is 362 g/mol. The molecular formula is C20H25N3O5. The summed E-state index contributed by atoms with van der Waals surface area (Å²) in [5.74, 6) is -1.16. The maximum Gasteiger partial charge on any atom is 0.308 e. The van der Waals surface area contributed by atoms with Crippen LogP contribution >= 0.6 is 0 Å². The Morgan fingerprint density at radius 2 is 2.00 bits per heavy atom. The second-order valence-corrected chi connectivity index (χ2v) is 6.89. The average Bonchev–Trinajstić information content (AvgIpc) is 3.10. The molecule has 28 heavy (non-hydrogen) atoms. The lowest BCUT2D eigenvalue weighted by molar-refractivity contribution is -0.144. The largest absolute Gasteiger partial charge is 0.497 e. The molecule has 1 unspecified atom stereocenters. The molecule has 3 rings (SSSR count). The number of carboxylic acids is 1. The number of aromatic nitrogens is 2. The molecule has 1 aliphatic rings. The van der Waals surface area contributed by atoms with E-state index in [1.54, 1.807) is 17.9 Å². The van der Waals surface area contributed by atoms with Crippen LogP contribution in [-0.2, 0) is 9.53 Å². The van der Waals surface area contributed by atoms with E-state index in [4.69, 9.17) is 9.47 Å². The topological polar surface area (TPSA) is 103 Å². The van der Waals surface area contributed by atoms with Crippen molar-refractivity contribution in [1.82, 2.24) is 15.1 Å². The van der Waals surface area contributed by atoms with E-state index in [0.717, 1.165) is 17.1 Å². The summed E-state index contributed by atoms with van der Waals surface area (Å²) < 4.78 is 12.1. The van der Waals surface area contributed by atoms with Gasteiger partial charge in [-0.2, -0.15) is 5.10 Å². The fraction of sp³-hybridized carbons (Fsp3) is 0.450. The van der Waals surface area contributed by atoms with Gasteiger partial charge in [0.05, 0.1) is 18.7 Å². The maximum absolute atomic E-state index is 12.5. The van der Waals surface area contributed by atoms with Crippen molar-refractivity contribution in [2.45, 2.75) is 19.8 Å². The van der Waals surface area contributed by atoms with Crippen molar-refractivity contribution < 1.29 is 24.2 Å². The van der Waals surface area contributed by atoms with Crippen molar-refractivity contribution in [3.8, 4) is 11.4 Å². The molecule has 0 bridgehead atoms. The summed E-state index contributed by atoms with van der Waals surface area (Å²) in [7, 11) is 1.60. The Kier molecular flexibility index (Phi) is 6.30. The molecule has 0 spiro atoms. The van der Waals surface area contributed by atoms with Gasteiger partial charge in [-0.3, -0.25) is 9.59 Å². The minimum Gasteiger partial charge on any atom is -0.497 e. The predicted octanol–water partition coefficient (Wildman–Crippen LogP) is 2.05. The van der Waals surface area contributed by atoms with Crippen LogP contribution in [0.25, 0.3) is 5.69 Å². The van der Waals surface area contributed by atoms with Gasteiger partial charge in [-0.05, 0) is 56.0 Å². The molecule has 1 atom stereocenters. The zero-order chi connectivity index (χ0) is 20.1. The van der Waals surface area contributed by atoms with Crippen molar-refractivity contribution in [3.63, 3.8) is 0 Å². The van der Waals surface area contributed by atoms with Gasteiger partial charge in [0, 0.05) is 25.5 Å². The number of rotatable bonds is 7. The smallest absolute Gasteiger partial charge is 0.308 e. The van der Waals surface area contributed by atoms with E-state index >= 15 is 0 Å². The minimum absolute atomic E-state index is 0.00476. The zero-order valence-electron chi connectivity index (χ0n) is 16.1. The number of ether oxygens (including phenoxy) is 2. The molecule has 2 N–H and O–H groups in total. The number of aryl methyl sites for hydroxylation is 1. The average molecular weight is 387 g/mol. The van der Waals surface area contributed by atoms with E-state index in [2.05, 4.69) is 10.4 Å². The van der Waals surface area contributed by atoms with Gasteiger partial charge in [0.1, 0.15) is 5.75 Å². The van der Waals surface area contributed by atoms with Crippen LogP contribution in [0.1, 0.15) is 29.0 Å². The molecule has 0 aliphatic carbocycles. The van der Waals surface area contributed by atoms with E-state index in [-0.39, 0.29) is 24.1 Å². The van der Waals surface area contributed by atoms with Crippen molar-refractivity contribution >= 4 is 11.9 Å². The third-order valence-corrected chi connectivity index (χ3v) is 5.07. The maximum atomic E-state index is 12.5. The monoisotopic (exact) mass is 387 g/mol. The second-order valence-electron chi connectivity index (χ2n) is 6.89. The number of benzene rings is 1. The third-order valence-electron chi connectivity index (χ3n) is 5.07. The van der Waals surface area contributed by atoms with Gasteiger partial charge in [-0.15, -0.1) is 0 Å². The molecule has 8 heteroatoms. The van der Waals surface area contributed by atoms with Gasteiger partial charge in [-0.1, -0.05) is 0 Å². The highest BCUT2D eigenvalue weighted by Gasteiger charge is 2.30. The first-order valence-corrected chi connectivity index (χ1v) is 9.29. The van der Waals surface area contributed by atoms with E-state index in [9.17, 15) is 14.7 Å². The standard InChI is InChI=1S/C20H25N3O5/c1-13-11-18(22-23(13)15-3-5-16(27-2)6-4-15)19(24)21-12-17(20(25)26)14-7-9-28-10-8-14/h3-6,11,14,17H,7-10,12H2,1-2H3,(H,21,24)(H,25,26). The number of nitrogens with zero attached hydrogens (tertiary/aromatic N) is 2. The predicted molar refractivity (Wildman–Crippen MR) is 102 cm³/mol. The van der Waals surface area contributed by atoms with Crippen molar-refractivity contribution in [2.24, 2.45) is 11.8 Å². The quantitative estimate of drug-likeness (QED) is 0.754. The molecule has 2 heterocycles. The molecule has 1 aromatic heterocycles. The zero-order valence-corrected chi connectivity index (χ0v) is 16.1. The SMILES string of the molecule is COc1ccc(-n2nc(C(=O)NCC(C(=O)O)C3CCOCC3)cc2C)cc1. The first-order chi connectivity index (χ1) is 13.5. The van der Waals surface area contributed by atoms with E-state index < -0.39 is 11.9 Å². The molecule has 1 fully saturated rings. The van der Waals surface area contributed by atoms with Crippen LogP contribution < -0.4 is 10.1 Å². The summed E-state index contributed by atoms with van der Waals surface area (Å²) in [5, 5.41) is 16.6. The van der Waals surface area contributed by atoms with E-state index in [1.165, 1.54) is 0 Å². The fourth-order valence-corrected chi connectivity index (χ4v) is 3.44. The summed E-state index contributed by atoms with van der Waals surface area (Å²) >= 11 is 0. The molecule has 1 amide bonds. The molecule has 1 aliphatic heterocycles. The number of carbonyl (C=O) groups is 2.